The third-order valence-electron chi connectivity index (χ3n) is 1.81. The predicted octanol–water partition coefficient (Wildman–Crippen LogP) is 0.784. The minimum atomic E-state index is -3.69. The smallest absolute Gasteiger partial charge is 0.241 e. The Kier molecular flexibility index (Phi) is 3.90. The van der Waals surface area contributed by atoms with Gasteiger partial charge >= 0.3 is 0 Å². The van der Waals surface area contributed by atoms with Crippen molar-refractivity contribution in [3.05, 3.63) is 23.5 Å². The molecule has 16 heavy (non-hydrogen) atoms. The predicted molar refractivity (Wildman–Crippen MR) is 60.7 cm³/mol. The summed E-state index contributed by atoms with van der Waals surface area (Å²) in [6, 6.07) is 2.58. The van der Waals surface area contributed by atoms with Gasteiger partial charge in [-0.25, -0.2) is 18.1 Å². The van der Waals surface area contributed by atoms with Crippen LogP contribution in [-0.2, 0) is 10.0 Å². The fraction of sp³-hybridized carbons (Fsp3) is 0.444. The Morgan fingerprint density at radius 3 is 2.69 bits per heavy atom. The molecule has 0 radical (unpaired) electrons. The zero-order chi connectivity index (χ0) is 12.4. The summed E-state index contributed by atoms with van der Waals surface area (Å²) in [4.78, 5) is 3.72. The van der Waals surface area contributed by atoms with Crippen LogP contribution in [-0.4, -0.2) is 30.7 Å². The first-order chi connectivity index (χ1) is 7.27. The second kappa shape index (κ2) is 4.67. The van der Waals surface area contributed by atoms with E-state index in [1.807, 2.05) is 0 Å². The first-order valence-electron chi connectivity index (χ1n) is 4.53. The van der Waals surface area contributed by atoms with Gasteiger partial charge in [0.05, 0.1) is 17.0 Å². The van der Waals surface area contributed by atoms with E-state index in [0.29, 0.717) is 0 Å². The van der Waals surface area contributed by atoms with Gasteiger partial charge in [-0.05, 0) is 26.0 Å². The van der Waals surface area contributed by atoms with Crippen LogP contribution in [0.5, 0.6) is 0 Å². The highest BCUT2D eigenvalue weighted by Gasteiger charge is 2.25. The zero-order valence-electron chi connectivity index (χ0n) is 8.94. The maximum atomic E-state index is 11.9. The molecule has 0 fully saturated rings. The Bertz CT molecular complexity index is 473. The molecular weight excluding hydrogens is 252 g/mol. The van der Waals surface area contributed by atoms with Crippen LogP contribution in [0.1, 0.15) is 13.8 Å². The molecule has 0 aromatic carbocycles. The summed E-state index contributed by atoms with van der Waals surface area (Å²) in [5.41, 5.74) is -0.922. The van der Waals surface area contributed by atoms with E-state index in [0.717, 1.165) is 0 Å². The van der Waals surface area contributed by atoms with Crippen molar-refractivity contribution in [1.29, 1.82) is 0 Å². The standard InChI is InChI=1S/C9H13ClN2O3S/c1-9(2,6-13)12-16(14,15)7-3-4-11-8(10)5-7/h3-5,12-13H,6H2,1-2H3. The normalized spacial score (nSPS) is 12.8. The summed E-state index contributed by atoms with van der Waals surface area (Å²) >= 11 is 5.60. The van der Waals surface area contributed by atoms with Gasteiger partial charge in [-0.2, -0.15) is 0 Å². The molecule has 0 aliphatic carbocycles. The monoisotopic (exact) mass is 264 g/mol. The number of aliphatic hydroxyl groups is 1. The van der Waals surface area contributed by atoms with Gasteiger partial charge < -0.3 is 5.11 Å². The molecule has 0 amide bonds. The molecule has 1 rings (SSSR count). The van der Waals surface area contributed by atoms with Gasteiger partial charge in [0.1, 0.15) is 5.15 Å². The summed E-state index contributed by atoms with van der Waals surface area (Å²) < 4.78 is 26.1. The molecular formula is C9H13ClN2O3S. The fourth-order valence-electron chi connectivity index (χ4n) is 1.01. The first kappa shape index (κ1) is 13.4. The van der Waals surface area contributed by atoms with Crippen molar-refractivity contribution in [3.8, 4) is 0 Å². The zero-order valence-corrected chi connectivity index (χ0v) is 10.5. The van der Waals surface area contributed by atoms with Crippen molar-refractivity contribution in [2.75, 3.05) is 6.61 Å². The first-order valence-corrected chi connectivity index (χ1v) is 6.39. The number of rotatable bonds is 4. The van der Waals surface area contributed by atoms with Gasteiger partial charge in [-0.15, -0.1) is 0 Å². The number of pyridine rings is 1. The Morgan fingerprint density at radius 1 is 1.56 bits per heavy atom. The maximum absolute atomic E-state index is 11.9. The van der Waals surface area contributed by atoms with Crippen LogP contribution >= 0.6 is 11.6 Å². The molecule has 7 heteroatoms. The molecule has 90 valence electrons. The third-order valence-corrected chi connectivity index (χ3v) is 3.72. The van der Waals surface area contributed by atoms with E-state index in [1.54, 1.807) is 13.8 Å². The SMILES string of the molecule is CC(C)(CO)NS(=O)(=O)c1ccnc(Cl)c1. The quantitative estimate of drug-likeness (QED) is 0.788. The Balaban J connectivity index is 3.04. The van der Waals surface area contributed by atoms with E-state index in [1.165, 1.54) is 18.3 Å². The van der Waals surface area contributed by atoms with E-state index in [2.05, 4.69) is 9.71 Å². The molecule has 2 N–H and O–H groups in total. The molecule has 0 aliphatic rings. The lowest BCUT2D eigenvalue weighted by Crippen LogP contribution is -2.46. The van der Waals surface area contributed by atoms with Crippen molar-refractivity contribution in [3.63, 3.8) is 0 Å². The van der Waals surface area contributed by atoms with Crippen LogP contribution in [0.2, 0.25) is 5.15 Å². The largest absolute Gasteiger partial charge is 0.394 e. The number of aliphatic hydroxyl groups excluding tert-OH is 1. The Labute approximate surface area is 99.5 Å². The number of nitrogens with one attached hydrogen (secondary N) is 1. The van der Waals surface area contributed by atoms with Crippen molar-refractivity contribution in [2.24, 2.45) is 0 Å². The van der Waals surface area contributed by atoms with Gasteiger partial charge in [0.25, 0.3) is 0 Å². The van der Waals surface area contributed by atoms with E-state index in [4.69, 9.17) is 16.7 Å². The number of hydrogen-bond acceptors (Lipinski definition) is 4. The van der Waals surface area contributed by atoms with Gasteiger partial charge in [-0.1, -0.05) is 11.6 Å². The summed E-state index contributed by atoms with van der Waals surface area (Å²) in [6.07, 6.45) is 1.31. The minimum Gasteiger partial charge on any atom is -0.394 e. The second-order valence-corrected chi connectivity index (χ2v) is 6.03. The van der Waals surface area contributed by atoms with Crippen LogP contribution in [0, 0.1) is 0 Å². The number of nitrogens with zero attached hydrogens (tertiary/aromatic N) is 1. The van der Waals surface area contributed by atoms with Crippen molar-refractivity contribution < 1.29 is 13.5 Å². The molecule has 0 spiro atoms. The number of sulfonamides is 1. The van der Waals surface area contributed by atoms with Gasteiger partial charge in [-0.3, -0.25) is 0 Å². The summed E-state index contributed by atoms with van der Waals surface area (Å²) in [6.45, 7) is 2.85. The molecule has 1 aromatic heterocycles. The highest BCUT2D eigenvalue weighted by atomic mass is 35.5. The number of hydrogen-bond donors (Lipinski definition) is 2. The van der Waals surface area contributed by atoms with Gasteiger partial charge in [0.15, 0.2) is 0 Å². The minimum absolute atomic E-state index is 0.0222. The molecule has 0 saturated heterocycles. The average Bonchev–Trinajstić information content (AvgIpc) is 2.16. The number of halogens is 1. The molecule has 0 atom stereocenters. The summed E-state index contributed by atoms with van der Waals surface area (Å²) in [5, 5.41) is 9.10. The molecule has 5 nitrogen and oxygen atoms in total. The van der Waals surface area contributed by atoms with E-state index in [-0.39, 0.29) is 16.7 Å². The number of aromatic nitrogens is 1. The maximum Gasteiger partial charge on any atom is 0.241 e. The van der Waals surface area contributed by atoms with Crippen LogP contribution in [0.3, 0.4) is 0 Å². The molecule has 0 unspecified atom stereocenters. The lowest BCUT2D eigenvalue weighted by Gasteiger charge is -2.23. The van der Waals surface area contributed by atoms with Crippen molar-refractivity contribution >= 4 is 21.6 Å². The molecule has 0 bridgehead atoms. The Morgan fingerprint density at radius 2 is 2.19 bits per heavy atom. The lowest BCUT2D eigenvalue weighted by molar-refractivity contribution is 0.208. The van der Waals surface area contributed by atoms with E-state index in [9.17, 15) is 8.42 Å². The van der Waals surface area contributed by atoms with Crippen LogP contribution in [0.15, 0.2) is 23.2 Å². The highest BCUT2D eigenvalue weighted by molar-refractivity contribution is 7.89. The molecule has 0 aliphatic heterocycles. The molecule has 1 aromatic rings. The van der Waals surface area contributed by atoms with E-state index < -0.39 is 15.6 Å². The second-order valence-electron chi connectivity index (χ2n) is 3.96. The van der Waals surface area contributed by atoms with Gasteiger partial charge in [0.2, 0.25) is 10.0 Å². The van der Waals surface area contributed by atoms with Crippen molar-refractivity contribution in [2.45, 2.75) is 24.3 Å². The van der Waals surface area contributed by atoms with Gasteiger partial charge in [0, 0.05) is 6.20 Å². The fourth-order valence-corrected chi connectivity index (χ4v) is 2.66. The Hall–Kier alpha value is -0.690. The van der Waals surface area contributed by atoms with E-state index >= 15 is 0 Å². The van der Waals surface area contributed by atoms with Crippen LogP contribution in [0.4, 0.5) is 0 Å². The third kappa shape index (κ3) is 3.41. The summed E-state index contributed by atoms with van der Waals surface area (Å²) in [5.74, 6) is 0. The van der Waals surface area contributed by atoms with Crippen molar-refractivity contribution in [1.82, 2.24) is 9.71 Å². The molecule has 0 saturated carbocycles. The van der Waals surface area contributed by atoms with Crippen LogP contribution in [0.25, 0.3) is 0 Å². The highest BCUT2D eigenvalue weighted by Crippen LogP contribution is 2.15. The topological polar surface area (TPSA) is 79.3 Å². The molecule has 1 heterocycles. The average molecular weight is 265 g/mol. The van der Waals surface area contributed by atoms with Crippen LogP contribution < -0.4 is 4.72 Å². The lowest BCUT2D eigenvalue weighted by atomic mass is 10.1. The summed E-state index contributed by atoms with van der Waals surface area (Å²) in [7, 11) is -3.69.